The van der Waals surface area contributed by atoms with E-state index >= 15 is 0 Å². The Bertz CT molecular complexity index is 1080. The molecule has 0 aliphatic rings. The number of thiazole rings is 1. The van der Waals surface area contributed by atoms with E-state index in [4.69, 9.17) is 9.47 Å². The van der Waals surface area contributed by atoms with Crippen LogP contribution in [0.25, 0.3) is 0 Å². The lowest BCUT2D eigenvalue weighted by Gasteiger charge is -2.13. The Morgan fingerprint density at radius 3 is 2.00 bits per heavy atom. The first-order chi connectivity index (χ1) is 19.7. The van der Waals surface area contributed by atoms with Crippen LogP contribution in [0.1, 0.15) is 118 Å². The Kier molecular flexibility index (Phi) is 15.2. The molecule has 0 saturated heterocycles. The number of benzene rings is 2. The zero-order valence-corrected chi connectivity index (χ0v) is 25.4. The molecule has 0 unspecified atom stereocenters. The third-order valence-electron chi connectivity index (χ3n) is 7.23. The van der Waals surface area contributed by atoms with Crippen LogP contribution < -0.4 is 14.8 Å². The van der Waals surface area contributed by atoms with Crippen LogP contribution in [0.3, 0.4) is 0 Å². The summed E-state index contributed by atoms with van der Waals surface area (Å²) in [6.07, 6.45) is 21.4. The van der Waals surface area contributed by atoms with Gasteiger partial charge in [-0.2, -0.15) is 0 Å². The number of ether oxygens (including phenoxy) is 2. The SMILES string of the molecule is CCCCCCCCCCCCCCCCOc1ccc(NC(=O)c2ccc(Cc3nccs3)cc2)cc1OC. The van der Waals surface area contributed by atoms with Gasteiger partial charge in [-0.3, -0.25) is 4.79 Å². The molecular formula is C34H48N2O3S. The zero-order valence-electron chi connectivity index (χ0n) is 24.6. The first-order valence-electron chi connectivity index (χ1n) is 15.3. The minimum atomic E-state index is -0.154. The number of hydrogen-bond donors (Lipinski definition) is 1. The molecule has 1 N–H and O–H groups in total. The minimum absolute atomic E-state index is 0.154. The molecule has 2 aromatic carbocycles. The first kappa shape index (κ1) is 31.7. The Morgan fingerprint density at radius 2 is 1.43 bits per heavy atom. The van der Waals surface area contributed by atoms with E-state index in [1.807, 2.05) is 54.0 Å². The lowest BCUT2D eigenvalue weighted by Crippen LogP contribution is -2.12. The maximum absolute atomic E-state index is 12.8. The third-order valence-corrected chi connectivity index (χ3v) is 8.01. The highest BCUT2D eigenvalue weighted by atomic mass is 32.1. The van der Waals surface area contributed by atoms with Crippen LogP contribution in [-0.2, 0) is 6.42 Å². The highest BCUT2D eigenvalue weighted by Gasteiger charge is 2.10. The lowest BCUT2D eigenvalue weighted by molar-refractivity contribution is 0.102. The molecule has 3 rings (SSSR count). The van der Waals surface area contributed by atoms with E-state index < -0.39 is 0 Å². The second kappa shape index (κ2) is 19.3. The average molecular weight is 565 g/mol. The van der Waals surface area contributed by atoms with Crippen molar-refractivity contribution in [3.05, 3.63) is 70.2 Å². The summed E-state index contributed by atoms with van der Waals surface area (Å²) >= 11 is 1.64. The molecule has 0 atom stereocenters. The quantitative estimate of drug-likeness (QED) is 0.131. The van der Waals surface area contributed by atoms with Crippen molar-refractivity contribution in [1.82, 2.24) is 4.98 Å². The van der Waals surface area contributed by atoms with Crippen LogP contribution in [0.2, 0.25) is 0 Å². The fourth-order valence-electron chi connectivity index (χ4n) is 4.84. The molecule has 0 spiro atoms. The molecule has 1 heterocycles. The van der Waals surface area contributed by atoms with Gasteiger partial charge in [-0.25, -0.2) is 4.98 Å². The second-order valence-corrected chi connectivity index (χ2v) is 11.5. The van der Waals surface area contributed by atoms with E-state index in [2.05, 4.69) is 17.2 Å². The summed E-state index contributed by atoms with van der Waals surface area (Å²) in [5.41, 5.74) is 2.42. The Morgan fingerprint density at radius 1 is 0.800 bits per heavy atom. The smallest absolute Gasteiger partial charge is 0.255 e. The summed E-state index contributed by atoms with van der Waals surface area (Å²) in [6.45, 7) is 2.95. The Balaban J connectivity index is 1.28. The number of nitrogens with one attached hydrogen (secondary N) is 1. The number of amides is 1. The zero-order chi connectivity index (χ0) is 28.3. The first-order valence-corrected chi connectivity index (χ1v) is 16.2. The molecule has 40 heavy (non-hydrogen) atoms. The number of carbonyl (C=O) groups is 1. The highest BCUT2D eigenvalue weighted by Crippen LogP contribution is 2.30. The minimum Gasteiger partial charge on any atom is -0.493 e. The van der Waals surface area contributed by atoms with Crippen LogP contribution >= 0.6 is 11.3 Å². The molecule has 6 heteroatoms. The van der Waals surface area contributed by atoms with Crippen molar-refractivity contribution >= 4 is 22.9 Å². The number of anilines is 1. The van der Waals surface area contributed by atoms with E-state index in [-0.39, 0.29) is 5.91 Å². The van der Waals surface area contributed by atoms with Crippen LogP contribution in [0.5, 0.6) is 11.5 Å². The summed E-state index contributed by atoms with van der Waals surface area (Å²) in [5.74, 6) is 1.18. The molecule has 1 amide bonds. The predicted octanol–water partition coefficient (Wildman–Crippen LogP) is 9.85. The van der Waals surface area contributed by atoms with E-state index in [1.165, 1.54) is 83.5 Å². The summed E-state index contributed by atoms with van der Waals surface area (Å²) in [4.78, 5) is 17.1. The number of nitrogens with zero attached hydrogens (tertiary/aromatic N) is 1. The maximum Gasteiger partial charge on any atom is 0.255 e. The predicted molar refractivity (Wildman–Crippen MR) is 168 cm³/mol. The van der Waals surface area contributed by atoms with Crippen molar-refractivity contribution in [2.24, 2.45) is 0 Å². The van der Waals surface area contributed by atoms with E-state index in [0.29, 0.717) is 29.4 Å². The van der Waals surface area contributed by atoms with E-state index in [9.17, 15) is 4.79 Å². The van der Waals surface area contributed by atoms with Crippen molar-refractivity contribution in [3.63, 3.8) is 0 Å². The summed E-state index contributed by atoms with van der Waals surface area (Å²) < 4.78 is 11.5. The van der Waals surface area contributed by atoms with Gasteiger partial charge in [0, 0.05) is 35.3 Å². The van der Waals surface area contributed by atoms with Crippen LogP contribution in [0, 0.1) is 0 Å². The molecule has 218 valence electrons. The van der Waals surface area contributed by atoms with Gasteiger partial charge in [0.2, 0.25) is 0 Å². The largest absolute Gasteiger partial charge is 0.493 e. The van der Waals surface area contributed by atoms with Gasteiger partial charge >= 0.3 is 0 Å². The fourth-order valence-corrected chi connectivity index (χ4v) is 5.49. The molecule has 0 aliphatic carbocycles. The number of aromatic nitrogens is 1. The van der Waals surface area contributed by atoms with E-state index in [0.717, 1.165) is 23.4 Å². The van der Waals surface area contributed by atoms with Crippen LogP contribution in [-0.4, -0.2) is 24.6 Å². The topological polar surface area (TPSA) is 60.5 Å². The summed E-state index contributed by atoms with van der Waals surface area (Å²) in [6, 6.07) is 13.2. The lowest BCUT2D eigenvalue weighted by atomic mass is 10.0. The number of unbranched alkanes of at least 4 members (excludes halogenated alkanes) is 13. The van der Waals surface area contributed by atoms with E-state index in [1.54, 1.807) is 18.4 Å². The number of methoxy groups -OCH3 is 1. The van der Waals surface area contributed by atoms with Gasteiger partial charge in [-0.1, -0.05) is 103 Å². The molecular weight excluding hydrogens is 516 g/mol. The Hall–Kier alpha value is -2.86. The standard InChI is InChI=1S/C34H48N2O3S/c1-3-4-5-6-7-8-9-10-11-12-13-14-15-16-24-39-31-22-21-30(27-32(31)38-2)36-34(37)29-19-17-28(18-20-29)26-33-35-23-25-40-33/h17-23,25,27H,3-16,24,26H2,1-2H3,(H,36,37). The normalized spacial score (nSPS) is 10.9. The number of hydrogen-bond acceptors (Lipinski definition) is 5. The van der Waals surface area contributed by atoms with Crippen molar-refractivity contribution in [1.29, 1.82) is 0 Å². The third kappa shape index (κ3) is 12.1. The van der Waals surface area contributed by atoms with Gasteiger partial charge < -0.3 is 14.8 Å². The molecule has 3 aromatic rings. The van der Waals surface area contributed by atoms with Crippen molar-refractivity contribution in [2.75, 3.05) is 19.0 Å². The molecule has 5 nitrogen and oxygen atoms in total. The van der Waals surface area contributed by atoms with Gasteiger partial charge in [-0.05, 0) is 36.2 Å². The molecule has 0 radical (unpaired) electrons. The average Bonchev–Trinajstić information content (AvgIpc) is 3.49. The molecule has 0 fully saturated rings. The second-order valence-electron chi connectivity index (χ2n) is 10.6. The molecule has 1 aromatic heterocycles. The monoisotopic (exact) mass is 564 g/mol. The van der Waals surface area contributed by atoms with Gasteiger partial charge in [0.1, 0.15) is 0 Å². The van der Waals surface area contributed by atoms with Crippen LogP contribution in [0.15, 0.2) is 54.0 Å². The van der Waals surface area contributed by atoms with Crippen molar-refractivity contribution in [3.8, 4) is 11.5 Å². The van der Waals surface area contributed by atoms with Crippen LogP contribution in [0.4, 0.5) is 5.69 Å². The number of rotatable bonds is 21. The van der Waals surface area contributed by atoms with Crippen molar-refractivity contribution < 1.29 is 14.3 Å². The number of carbonyl (C=O) groups excluding carboxylic acids is 1. The van der Waals surface area contributed by atoms with Gasteiger partial charge in [0.05, 0.1) is 18.7 Å². The van der Waals surface area contributed by atoms with Gasteiger partial charge in [0.15, 0.2) is 11.5 Å². The Labute approximate surface area is 245 Å². The summed E-state index contributed by atoms with van der Waals surface area (Å²) in [7, 11) is 1.63. The van der Waals surface area contributed by atoms with Gasteiger partial charge in [-0.15, -0.1) is 11.3 Å². The molecule has 0 saturated carbocycles. The maximum atomic E-state index is 12.8. The van der Waals surface area contributed by atoms with Gasteiger partial charge in [0.25, 0.3) is 5.91 Å². The van der Waals surface area contributed by atoms with Crippen molar-refractivity contribution in [2.45, 2.75) is 103 Å². The fraction of sp³-hybridized carbons (Fsp3) is 0.529. The summed E-state index contributed by atoms with van der Waals surface area (Å²) in [5, 5.41) is 6.00. The molecule has 0 bridgehead atoms. The molecule has 0 aliphatic heterocycles. The highest BCUT2D eigenvalue weighted by molar-refractivity contribution is 7.09.